The van der Waals surface area contributed by atoms with Crippen LogP contribution >= 0.6 is 24.0 Å². The largest absolute Gasteiger partial charge is 0.481 e. The summed E-state index contributed by atoms with van der Waals surface area (Å²) in [5, 5.41) is 17.3. The normalized spacial score (nSPS) is 13.5. The van der Waals surface area contributed by atoms with Crippen molar-refractivity contribution in [3.63, 3.8) is 0 Å². The summed E-state index contributed by atoms with van der Waals surface area (Å²) in [6, 6.07) is 11.5. The zero-order valence-electron chi connectivity index (χ0n) is 17.6. The van der Waals surface area contributed by atoms with Crippen LogP contribution in [0, 0.1) is 0 Å². The molecule has 4 rings (SSSR count). The molecule has 0 radical (unpaired) electrons. The Labute approximate surface area is 198 Å². The lowest BCUT2D eigenvalue weighted by Gasteiger charge is -2.17. The Hall–Kier alpha value is -2.64. The van der Waals surface area contributed by atoms with E-state index >= 15 is 0 Å². The minimum atomic E-state index is -0.878. The number of halogens is 2. The predicted octanol–water partition coefficient (Wildman–Crippen LogP) is 4.87. The van der Waals surface area contributed by atoms with Gasteiger partial charge in [0.1, 0.15) is 5.82 Å². The highest BCUT2D eigenvalue weighted by Crippen LogP contribution is 2.26. The fraction of sp³-hybridized carbons (Fsp3) is 0.391. The van der Waals surface area contributed by atoms with Crippen molar-refractivity contribution >= 4 is 35.8 Å². The van der Waals surface area contributed by atoms with Gasteiger partial charge in [-0.1, -0.05) is 35.0 Å². The molecule has 0 aliphatic carbocycles. The van der Waals surface area contributed by atoms with Gasteiger partial charge in [0.15, 0.2) is 5.82 Å². The van der Waals surface area contributed by atoms with E-state index in [4.69, 9.17) is 21.1 Å². The summed E-state index contributed by atoms with van der Waals surface area (Å²) in [5.41, 5.74) is 3.19. The van der Waals surface area contributed by atoms with Crippen LogP contribution < -0.4 is 5.32 Å². The second kappa shape index (κ2) is 11.3. The second-order valence-electron chi connectivity index (χ2n) is 7.85. The molecule has 1 aromatic carbocycles. The first-order chi connectivity index (χ1) is 15.1. The highest BCUT2D eigenvalue weighted by atomic mass is 35.5. The van der Waals surface area contributed by atoms with Crippen LogP contribution in [0.15, 0.2) is 40.9 Å². The first kappa shape index (κ1) is 24.0. The molecule has 1 atom stereocenters. The first-order valence-electron chi connectivity index (χ1n) is 10.6. The number of carbonyl (C=O) groups is 1. The molecule has 1 aliphatic heterocycles. The summed E-state index contributed by atoms with van der Waals surface area (Å²) in [6.07, 6.45) is 4.93. The minimum Gasteiger partial charge on any atom is -0.481 e. The van der Waals surface area contributed by atoms with E-state index in [-0.39, 0.29) is 24.7 Å². The number of anilines is 1. The van der Waals surface area contributed by atoms with E-state index < -0.39 is 5.97 Å². The lowest BCUT2D eigenvalue weighted by Crippen LogP contribution is -2.14. The molecule has 2 aromatic heterocycles. The van der Waals surface area contributed by atoms with Gasteiger partial charge in [0, 0.05) is 36.0 Å². The molecule has 170 valence electrons. The monoisotopic (exact) mass is 476 g/mol. The third-order valence-electron chi connectivity index (χ3n) is 5.46. The Kier molecular flexibility index (Phi) is 8.47. The fourth-order valence-electron chi connectivity index (χ4n) is 3.90. The maximum atomic E-state index is 11.3. The van der Waals surface area contributed by atoms with Crippen molar-refractivity contribution in [1.29, 1.82) is 0 Å². The van der Waals surface area contributed by atoms with Crippen molar-refractivity contribution in [2.24, 2.45) is 0 Å². The second-order valence-corrected chi connectivity index (χ2v) is 8.29. The number of aryl methyl sites for hydroxylation is 3. The van der Waals surface area contributed by atoms with Gasteiger partial charge >= 0.3 is 5.97 Å². The zero-order valence-corrected chi connectivity index (χ0v) is 19.2. The van der Waals surface area contributed by atoms with Gasteiger partial charge in [-0.15, -0.1) is 12.4 Å². The van der Waals surface area contributed by atoms with E-state index in [1.54, 1.807) is 12.1 Å². The number of aromatic nitrogens is 3. The highest BCUT2D eigenvalue weighted by molar-refractivity contribution is 6.30. The zero-order chi connectivity index (χ0) is 21.6. The average molecular weight is 477 g/mol. The standard InChI is InChI=1S/C23H25ClN4O3.ClH/c24-18-6-1-4-16(12-18)17(14-22(29)30)13-21-27-20(28-31-21)8-2-7-19-10-9-15-5-3-11-25-23(15)26-19;/h1,4,6,9-10,12,17H,2-3,5,7-8,11,13-14H2,(H,25,26)(H,29,30);1H. The van der Waals surface area contributed by atoms with Gasteiger partial charge in [0.05, 0.1) is 6.42 Å². The third-order valence-corrected chi connectivity index (χ3v) is 5.69. The number of fused-ring (bicyclic) bond motifs is 1. The molecule has 0 bridgehead atoms. The third kappa shape index (κ3) is 6.43. The SMILES string of the molecule is Cl.O=C(O)CC(Cc1nc(CCCc2ccc3c(n2)NCCC3)no1)c1cccc(Cl)c1. The molecule has 2 N–H and O–H groups in total. The molecule has 1 aliphatic rings. The number of hydrogen-bond acceptors (Lipinski definition) is 6. The van der Waals surface area contributed by atoms with Crippen LogP contribution in [0.1, 0.15) is 53.7 Å². The number of nitrogens with zero attached hydrogens (tertiary/aromatic N) is 3. The molecule has 7 nitrogen and oxygen atoms in total. The Balaban J connectivity index is 0.00000289. The molecule has 0 saturated heterocycles. The van der Waals surface area contributed by atoms with Gasteiger partial charge < -0.3 is 14.9 Å². The lowest BCUT2D eigenvalue weighted by atomic mass is 9.92. The van der Waals surface area contributed by atoms with Crippen LogP contribution in [0.25, 0.3) is 0 Å². The summed E-state index contributed by atoms with van der Waals surface area (Å²) >= 11 is 6.07. The van der Waals surface area contributed by atoms with Crippen LogP contribution in [-0.4, -0.2) is 32.7 Å². The van der Waals surface area contributed by atoms with Crippen molar-refractivity contribution in [3.05, 3.63) is 70.0 Å². The van der Waals surface area contributed by atoms with Gasteiger partial charge in [0.25, 0.3) is 0 Å². The van der Waals surface area contributed by atoms with Gasteiger partial charge in [-0.05, 0) is 55.0 Å². The summed E-state index contributed by atoms with van der Waals surface area (Å²) in [4.78, 5) is 20.5. The molecular weight excluding hydrogens is 451 g/mol. The van der Waals surface area contributed by atoms with E-state index in [0.29, 0.717) is 29.6 Å². The number of pyridine rings is 1. The van der Waals surface area contributed by atoms with Crippen LogP contribution in [-0.2, 0) is 30.5 Å². The molecule has 0 amide bonds. The van der Waals surface area contributed by atoms with Crippen LogP contribution in [0.3, 0.4) is 0 Å². The Bertz CT molecular complexity index is 1060. The van der Waals surface area contributed by atoms with Gasteiger partial charge in [-0.2, -0.15) is 4.98 Å². The summed E-state index contributed by atoms with van der Waals surface area (Å²) in [7, 11) is 0. The van der Waals surface area contributed by atoms with Crippen molar-refractivity contribution in [2.75, 3.05) is 11.9 Å². The summed E-state index contributed by atoms with van der Waals surface area (Å²) < 4.78 is 5.39. The molecule has 0 saturated carbocycles. The van der Waals surface area contributed by atoms with Crippen molar-refractivity contribution in [1.82, 2.24) is 15.1 Å². The number of benzene rings is 1. The van der Waals surface area contributed by atoms with Gasteiger partial charge in [-0.3, -0.25) is 4.79 Å². The Morgan fingerprint density at radius 2 is 2.09 bits per heavy atom. The molecule has 1 unspecified atom stereocenters. The number of hydrogen-bond donors (Lipinski definition) is 2. The quantitative estimate of drug-likeness (QED) is 0.453. The smallest absolute Gasteiger partial charge is 0.303 e. The molecular formula is C23H26Cl2N4O3. The van der Waals surface area contributed by atoms with Crippen molar-refractivity contribution in [2.45, 2.75) is 50.9 Å². The van der Waals surface area contributed by atoms with Crippen molar-refractivity contribution < 1.29 is 14.4 Å². The average Bonchev–Trinajstić information content (AvgIpc) is 3.20. The molecule has 32 heavy (non-hydrogen) atoms. The number of carboxylic acids is 1. The lowest BCUT2D eigenvalue weighted by molar-refractivity contribution is -0.137. The van der Waals surface area contributed by atoms with E-state index in [9.17, 15) is 9.90 Å². The number of nitrogens with one attached hydrogen (secondary N) is 1. The van der Waals surface area contributed by atoms with Crippen LogP contribution in [0.5, 0.6) is 0 Å². The first-order valence-corrected chi connectivity index (χ1v) is 11.0. The van der Waals surface area contributed by atoms with Gasteiger partial charge in [-0.25, -0.2) is 4.98 Å². The summed E-state index contributed by atoms with van der Waals surface area (Å²) in [6.45, 7) is 0.979. The molecule has 3 aromatic rings. The molecule has 0 spiro atoms. The number of carboxylic acid groups (broad SMARTS) is 1. The van der Waals surface area contributed by atoms with Crippen LogP contribution in [0.2, 0.25) is 5.02 Å². The molecule has 0 fully saturated rings. The van der Waals surface area contributed by atoms with Gasteiger partial charge in [0.2, 0.25) is 5.89 Å². The van der Waals surface area contributed by atoms with E-state index in [1.165, 1.54) is 5.56 Å². The molecule has 3 heterocycles. The number of aliphatic carboxylic acids is 1. The maximum Gasteiger partial charge on any atom is 0.303 e. The fourth-order valence-corrected chi connectivity index (χ4v) is 4.10. The summed E-state index contributed by atoms with van der Waals surface area (Å²) in [5.74, 6) is 0.924. The Morgan fingerprint density at radius 3 is 2.91 bits per heavy atom. The molecule has 9 heteroatoms. The number of rotatable bonds is 9. The maximum absolute atomic E-state index is 11.3. The van der Waals surface area contributed by atoms with Crippen molar-refractivity contribution in [3.8, 4) is 0 Å². The van der Waals surface area contributed by atoms with E-state index in [0.717, 1.165) is 49.3 Å². The highest BCUT2D eigenvalue weighted by Gasteiger charge is 2.20. The topological polar surface area (TPSA) is 101 Å². The minimum absolute atomic E-state index is 0. The van der Waals surface area contributed by atoms with Crippen LogP contribution in [0.4, 0.5) is 5.82 Å². The predicted molar refractivity (Wildman–Crippen MR) is 125 cm³/mol. The Morgan fingerprint density at radius 1 is 1.22 bits per heavy atom. The van der Waals surface area contributed by atoms with E-state index in [1.807, 2.05) is 12.1 Å². The van der Waals surface area contributed by atoms with E-state index in [2.05, 4.69) is 27.6 Å².